The zero-order valence-electron chi connectivity index (χ0n) is 10.6. The fourth-order valence-electron chi connectivity index (χ4n) is 2.42. The molecule has 0 radical (unpaired) electrons. The Bertz CT molecular complexity index is 200. The highest BCUT2D eigenvalue weighted by Crippen LogP contribution is 2.36. The molecule has 1 aliphatic rings. The van der Waals surface area contributed by atoms with E-state index in [-0.39, 0.29) is 11.5 Å². The summed E-state index contributed by atoms with van der Waals surface area (Å²) in [6.45, 7) is 4.44. The largest absolute Gasteiger partial charge is 0.378 e. The summed E-state index contributed by atoms with van der Waals surface area (Å²) in [5, 5.41) is -0.359. The molecule has 0 aromatic rings. The molecule has 0 heterocycles. The summed E-state index contributed by atoms with van der Waals surface area (Å²) >= 11 is 6.18. The van der Waals surface area contributed by atoms with Gasteiger partial charge in [-0.25, -0.2) is 4.39 Å². The molecule has 0 aliphatic heterocycles. The molecule has 5 atom stereocenters. The first-order valence-corrected chi connectivity index (χ1v) is 6.84. The Morgan fingerprint density at radius 3 is 2.69 bits per heavy atom. The van der Waals surface area contributed by atoms with Gasteiger partial charge in [0, 0.05) is 7.11 Å². The monoisotopic (exact) mass is 250 g/mol. The lowest BCUT2D eigenvalue weighted by Crippen LogP contribution is -2.41. The Hall–Kier alpha value is 0.180. The topological polar surface area (TPSA) is 9.23 Å². The Kier molecular flexibility index (Phi) is 6.06. The van der Waals surface area contributed by atoms with Crippen molar-refractivity contribution in [1.29, 1.82) is 0 Å². The SMILES string of the molecule is CCC(C)CC[C@@H]1CCC(OC)C(F)C1Cl. The van der Waals surface area contributed by atoms with Gasteiger partial charge < -0.3 is 4.74 Å². The van der Waals surface area contributed by atoms with Crippen LogP contribution in [0.25, 0.3) is 0 Å². The van der Waals surface area contributed by atoms with Gasteiger partial charge >= 0.3 is 0 Å². The van der Waals surface area contributed by atoms with Crippen molar-refractivity contribution in [2.24, 2.45) is 11.8 Å². The molecule has 0 spiro atoms. The van der Waals surface area contributed by atoms with E-state index in [0.29, 0.717) is 5.92 Å². The van der Waals surface area contributed by atoms with Crippen LogP contribution in [0.3, 0.4) is 0 Å². The van der Waals surface area contributed by atoms with E-state index in [1.54, 1.807) is 7.11 Å². The summed E-state index contributed by atoms with van der Waals surface area (Å²) in [4.78, 5) is 0. The van der Waals surface area contributed by atoms with Crippen molar-refractivity contribution in [1.82, 2.24) is 0 Å². The van der Waals surface area contributed by atoms with Crippen LogP contribution in [0.4, 0.5) is 4.39 Å². The highest BCUT2D eigenvalue weighted by molar-refractivity contribution is 6.21. The van der Waals surface area contributed by atoms with Gasteiger partial charge in [0.05, 0.1) is 11.5 Å². The first-order chi connectivity index (χ1) is 7.60. The summed E-state index contributed by atoms with van der Waals surface area (Å²) in [5.74, 6) is 1.05. The number of hydrogen-bond donors (Lipinski definition) is 0. The minimum absolute atomic E-state index is 0.289. The average Bonchev–Trinajstić information content (AvgIpc) is 2.30. The molecule has 0 N–H and O–H groups in total. The molecule has 1 saturated carbocycles. The van der Waals surface area contributed by atoms with Crippen molar-refractivity contribution in [2.45, 2.75) is 63.6 Å². The maximum Gasteiger partial charge on any atom is 0.143 e. The van der Waals surface area contributed by atoms with Crippen LogP contribution in [0, 0.1) is 11.8 Å². The fraction of sp³-hybridized carbons (Fsp3) is 1.00. The van der Waals surface area contributed by atoms with E-state index >= 15 is 0 Å². The van der Waals surface area contributed by atoms with Crippen LogP contribution >= 0.6 is 11.6 Å². The first kappa shape index (κ1) is 14.2. The third-order valence-electron chi connectivity index (χ3n) is 3.96. The minimum atomic E-state index is -0.998. The number of halogens is 2. The minimum Gasteiger partial charge on any atom is -0.378 e. The predicted molar refractivity (Wildman–Crippen MR) is 66.7 cm³/mol. The zero-order valence-corrected chi connectivity index (χ0v) is 11.3. The van der Waals surface area contributed by atoms with E-state index in [1.807, 2.05) is 0 Å². The van der Waals surface area contributed by atoms with Gasteiger partial charge in [-0.2, -0.15) is 0 Å². The van der Waals surface area contributed by atoms with Gasteiger partial charge in [-0.05, 0) is 31.1 Å². The summed E-state index contributed by atoms with van der Waals surface area (Å²) in [7, 11) is 1.57. The van der Waals surface area contributed by atoms with Gasteiger partial charge in [-0.15, -0.1) is 11.6 Å². The van der Waals surface area contributed by atoms with Crippen molar-refractivity contribution >= 4 is 11.6 Å². The smallest absolute Gasteiger partial charge is 0.143 e. The Labute approximate surface area is 104 Å². The molecule has 16 heavy (non-hydrogen) atoms. The normalized spacial score (nSPS) is 37.3. The van der Waals surface area contributed by atoms with Crippen LogP contribution in [0.5, 0.6) is 0 Å². The third kappa shape index (κ3) is 3.59. The average molecular weight is 251 g/mol. The quantitative estimate of drug-likeness (QED) is 0.665. The molecule has 3 heteroatoms. The molecule has 1 rings (SSSR count). The van der Waals surface area contributed by atoms with Gasteiger partial charge in [0.2, 0.25) is 0 Å². The standard InChI is InChI=1S/C13H24ClFO/c1-4-9(2)5-6-10-7-8-11(16-3)13(15)12(10)14/h9-13H,4-8H2,1-3H3/t9?,10-,11?,12?,13?/m1/s1. The van der Waals surface area contributed by atoms with Crippen molar-refractivity contribution in [3.63, 3.8) is 0 Å². The number of alkyl halides is 2. The number of ether oxygens (including phenoxy) is 1. The van der Waals surface area contributed by atoms with Crippen LogP contribution in [-0.2, 0) is 4.74 Å². The van der Waals surface area contributed by atoms with Crippen molar-refractivity contribution in [2.75, 3.05) is 7.11 Å². The maximum absolute atomic E-state index is 13.8. The second-order valence-corrected chi connectivity index (χ2v) is 5.60. The van der Waals surface area contributed by atoms with Crippen LogP contribution in [-0.4, -0.2) is 24.8 Å². The van der Waals surface area contributed by atoms with Gasteiger partial charge in [0.15, 0.2) is 0 Å². The number of rotatable bonds is 5. The van der Waals surface area contributed by atoms with Crippen LogP contribution < -0.4 is 0 Å². The van der Waals surface area contributed by atoms with E-state index in [0.717, 1.165) is 31.6 Å². The number of methoxy groups -OCH3 is 1. The first-order valence-electron chi connectivity index (χ1n) is 6.41. The Balaban J connectivity index is 2.39. The highest BCUT2D eigenvalue weighted by atomic mass is 35.5. The lowest BCUT2D eigenvalue weighted by molar-refractivity contribution is -0.00809. The van der Waals surface area contributed by atoms with Gasteiger partial charge in [-0.1, -0.05) is 26.7 Å². The van der Waals surface area contributed by atoms with Gasteiger partial charge in [0.25, 0.3) is 0 Å². The van der Waals surface area contributed by atoms with Crippen molar-refractivity contribution in [3.05, 3.63) is 0 Å². The van der Waals surface area contributed by atoms with E-state index in [9.17, 15) is 4.39 Å². The summed E-state index contributed by atoms with van der Waals surface area (Å²) < 4.78 is 19.0. The number of hydrogen-bond acceptors (Lipinski definition) is 1. The summed E-state index contributed by atoms with van der Waals surface area (Å²) in [6.07, 6.45) is 3.94. The summed E-state index contributed by atoms with van der Waals surface area (Å²) in [5.41, 5.74) is 0. The lowest BCUT2D eigenvalue weighted by atomic mass is 9.81. The second-order valence-electron chi connectivity index (χ2n) is 5.09. The molecule has 1 nitrogen and oxygen atoms in total. The molecule has 4 unspecified atom stereocenters. The van der Waals surface area contributed by atoms with Gasteiger partial charge in [0.1, 0.15) is 6.17 Å². The third-order valence-corrected chi connectivity index (χ3v) is 4.56. The Morgan fingerprint density at radius 1 is 1.44 bits per heavy atom. The fourth-order valence-corrected chi connectivity index (χ4v) is 2.83. The molecular formula is C13H24ClFO. The van der Waals surface area contributed by atoms with Crippen LogP contribution in [0.2, 0.25) is 0 Å². The van der Waals surface area contributed by atoms with E-state index in [2.05, 4.69) is 13.8 Å². The van der Waals surface area contributed by atoms with Crippen molar-refractivity contribution in [3.8, 4) is 0 Å². The van der Waals surface area contributed by atoms with E-state index in [1.165, 1.54) is 6.42 Å². The molecule has 1 aliphatic carbocycles. The van der Waals surface area contributed by atoms with Crippen LogP contribution in [0.15, 0.2) is 0 Å². The van der Waals surface area contributed by atoms with Crippen molar-refractivity contribution < 1.29 is 9.13 Å². The second kappa shape index (κ2) is 6.80. The van der Waals surface area contributed by atoms with Crippen LogP contribution in [0.1, 0.15) is 46.0 Å². The molecule has 0 bridgehead atoms. The molecule has 0 aromatic carbocycles. The molecule has 1 fully saturated rings. The Morgan fingerprint density at radius 2 is 2.12 bits per heavy atom. The van der Waals surface area contributed by atoms with E-state index < -0.39 is 6.17 Å². The lowest BCUT2D eigenvalue weighted by Gasteiger charge is -2.35. The molecule has 96 valence electrons. The van der Waals surface area contributed by atoms with E-state index in [4.69, 9.17) is 16.3 Å². The predicted octanol–water partition coefficient (Wildman–Crippen LogP) is 4.18. The molecular weight excluding hydrogens is 227 g/mol. The maximum atomic E-state index is 13.8. The molecule has 0 saturated heterocycles. The summed E-state index contributed by atoms with van der Waals surface area (Å²) in [6, 6.07) is 0. The molecule has 0 amide bonds. The van der Waals surface area contributed by atoms with Gasteiger partial charge in [-0.3, -0.25) is 0 Å². The highest BCUT2D eigenvalue weighted by Gasteiger charge is 2.38. The zero-order chi connectivity index (χ0) is 12.1. The molecule has 0 aromatic heterocycles.